The van der Waals surface area contributed by atoms with Crippen LogP contribution in [-0.4, -0.2) is 41.8 Å². The van der Waals surface area contributed by atoms with Crippen molar-refractivity contribution in [3.05, 3.63) is 66.2 Å². The molecule has 0 aliphatic carbocycles. The van der Waals surface area contributed by atoms with Crippen LogP contribution in [0.4, 0.5) is 10.5 Å². The molecule has 2 aromatic carbocycles. The second-order valence-corrected chi connectivity index (χ2v) is 8.29. The maximum absolute atomic E-state index is 12.7. The summed E-state index contributed by atoms with van der Waals surface area (Å²) in [5, 5.41) is 20.4. The number of carbonyl (C=O) groups is 2. The molecule has 0 spiro atoms. The minimum absolute atomic E-state index is 0.101. The van der Waals surface area contributed by atoms with E-state index in [1.807, 2.05) is 18.4 Å². The van der Waals surface area contributed by atoms with E-state index in [2.05, 4.69) is 5.32 Å². The average molecular weight is 461 g/mol. The Bertz CT molecular complexity index is 913. The molecular weight excluding hydrogens is 432 g/mol. The predicted octanol–water partition coefficient (Wildman–Crippen LogP) is 4.16. The van der Waals surface area contributed by atoms with Crippen LogP contribution in [-0.2, 0) is 9.53 Å². The first-order valence-corrected chi connectivity index (χ1v) is 11.1. The first-order valence-electron chi connectivity index (χ1n) is 9.87. The summed E-state index contributed by atoms with van der Waals surface area (Å²) in [5.41, 5.74) is 2.00. The summed E-state index contributed by atoms with van der Waals surface area (Å²) in [6.07, 6.45) is 3.28. The van der Waals surface area contributed by atoms with E-state index in [0.29, 0.717) is 17.0 Å². The second-order valence-electron chi connectivity index (χ2n) is 7.41. The smallest absolute Gasteiger partial charge is 0.412 e. The van der Waals surface area contributed by atoms with Gasteiger partial charge in [0.25, 0.3) is 5.91 Å². The number of ether oxygens (including phenoxy) is 2. The third-order valence-corrected chi connectivity index (χ3v) is 5.30. The van der Waals surface area contributed by atoms with E-state index < -0.39 is 23.5 Å². The lowest BCUT2D eigenvalue weighted by Gasteiger charge is -2.31. The van der Waals surface area contributed by atoms with Gasteiger partial charge in [0.2, 0.25) is 0 Å². The molecule has 172 valence electrons. The molecule has 0 radical (unpaired) electrons. The van der Waals surface area contributed by atoms with E-state index >= 15 is 0 Å². The van der Waals surface area contributed by atoms with Crippen molar-refractivity contribution >= 4 is 29.4 Å². The van der Waals surface area contributed by atoms with Crippen molar-refractivity contribution in [1.82, 2.24) is 5.48 Å². The topological polar surface area (TPSA) is 117 Å². The molecule has 0 saturated heterocycles. The molecule has 0 fully saturated rings. The number of hydrogen-bond donors (Lipinski definition) is 4. The monoisotopic (exact) mass is 460 g/mol. The number of thioether (sulfide) groups is 1. The minimum atomic E-state index is -0.806. The first kappa shape index (κ1) is 25.3. The van der Waals surface area contributed by atoms with Crippen LogP contribution in [0, 0.1) is 5.41 Å². The molecule has 2 amide bonds. The van der Waals surface area contributed by atoms with Crippen LogP contribution < -0.4 is 15.5 Å². The quantitative estimate of drug-likeness (QED) is 0.182. The van der Waals surface area contributed by atoms with Crippen molar-refractivity contribution in [2.24, 2.45) is 5.41 Å². The standard InChI is InChI=1S/C23H28N2O6S/c1-23(2,13-12-20(27)25-29)21(16-4-8-18(9-5-16)30-15-14-26)31-22(28)24-17-6-10-19(32-3)11-7-17/h4-13,21,26,29H,14-15H2,1-3H3,(H,24,28)(H,25,27)/b13-12+/t21-/m1/s1. The Morgan fingerprint density at radius 2 is 1.78 bits per heavy atom. The maximum Gasteiger partial charge on any atom is 0.412 e. The predicted molar refractivity (Wildman–Crippen MR) is 123 cm³/mol. The summed E-state index contributed by atoms with van der Waals surface area (Å²) in [5.74, 6) is -0.129. The Labute approximate surface area is 191 Å². The molecule has 9 heteroatoms. The van der Waals surface area contributed by atoms with Crippen LogP contribution in [0.1, 0.15) is 25.5 Å². The van der Waals surface area contributed by atoms with Gasteiger partial charge in [0.05, 0.1) is 6.61 Å². The Morgan fingerprint density at radius 3 is 2.34 bits per heavy atom. The van der Waals surface area contributed by atoms with Crippen molar-refractivity contribution in [3.8, 4) is 5.75 Å². The van der Waals surface area contributed by atoms with Gasteiger partial charge in [-0.3, -0.25) is 15.3 Å². The van der Waals surface area contributed by atoms with Crippen LogP contribution in [0.15, 0.2) is 65.6 Å². The lowest BCUT2D eigenvalue weighted by atomic mass is 9.82. The summed E-state index contributed by atoms with van der Waals surface area (Å²) < 4.78 is 11.1. The average Bonchev–Trinajstić information content (AvgIpc) is 2.80. The van der Waals surface area contributed by atoms with Gasteiger partial charge in [0.15, 0.2) is 0 Å². The van der Waals surface area contributed by atoms with Gasteiger partial charge in [-0.25, -0.2) is 10.3 Å². The molecule has 1 atom stereocenters. The van der Waals surface area contributed by atoms with Gasteiger partial charge < -0.3 is 14.6 Å². The number of aliphatic hydroxyl groups excluding tert-OH is 1. The number of rotatable bonds is 10. The van der Waals surface area contributed by atoms with Crippen LogP contribution in [0.5, 0.6) is 5.75 Å². The fraction of sp³-hybridized carbons (Fsp3) is 0.304. The largest absolute Gasteiger partial charge is 0.491 e. The van der Waals surface area contributed by atoms with E-state index in [1.54, 1.807) is 73.6 Å². The summed E-state index contributed by atoms with van der Waals surface area (Å²) in [4.78, 5) is 25.2. The Hall–Kier alpha value is -3.01. The van der Waals surface area contributed by atoms with Gasteiger partial charge in [0, 0.05) is 22.1 Å². The minimum Gasteiger partial charge on any atom is -0.491 e. The highest BCUT2D eigenvalue weighted by Crippen LogP contribution is 2.39. The van der Waals surface area contributed by atoms with Gasteiger partial charge in [-0.15, -0.1) is 11.8 Å². The van der Waals surface area contributed by atoms with Crippen molar-refractivity contribution in [2.75, 3.05) is 24.8 Å². The lowest BCUT2D eigenvalue weighted by Crippen LogP contribution is -2.28. The highest BCUT2D eigenvalue weighted by molar-refractivity contribution is 7.98. The van der Waals surface area contributed by atoms with E-state index in [4.69, 9.17) is 19.8 Å². The van der Waals surface area contributed by atoms with Crippen LogP contribution in [0.2, 0.25) is 0 Å². The van der Waals surface area contributed by atoms with Gasteiger partial charge in [-0.2, -0.15) is 0 Å². The van der Waals surface area contributed by atoms with Crippen molar-refractivity contribution in [1.29, 1.82) is 0 Å². The van der Waals surface area contributed by atoms with Gasteiger partial charge in [-0.05, 0) is 48.2 Å². The molecule has 0 bridgehead atoms. The molecule has 0 aliphatic heterocycles. The zero-order valence-electron chi connectivity index (χ0n) is 18.2. The molecule has 0 aliphatic rings. The zero-order valence-corrected chi connectivity index (χ0v) is 19.0. The molecule has 0 saturated carbocycles. The number of aliphatic hydroxyl groups is 1. The van der Waals surface area contributed by atoms with Crippen LogP contribution in [0.3, 0.4) is 0 Å². The molecule has 0 unspecified atom stereocenters. The van der Waals surface area contributed by atoms with Gasteiger partial charge in [0.1, 0.15) is 18.5 Å². The van der Waals surface area contributed by atoms with Crippen molar-refractivity contribution < 1.29 is 29.4 Å². The summed E-state index contributed by atoms with van der Waals surface area (Å²) in [6.45, 7) is 3.67. The summed E-state index contributed by atoms with van der Waals surface area (Å²) >= 11 is 1.60. The van der Waals surface area contributed by atoms with Gasteiger partial charge >= 0.3 is 6.09 Å². The maximum atomic E-state index is 12.7. The Balaban J connectivity index is 2.25. The molecule has 0 heterocycles. The van der Waals surface area contributed by atoms with Crippen molar-refractivity contribution in [2.45, 2.75) is 24.8 Å². The Morgan fingerprint density at radius 1 is 1.12 bits per heavy atom. The fourth-order valence-corrected chi connectivity index (χ4v) is 3.30. The fourth-order valence-electron chi connectivity index (χ4n) is 2.90. The molecule has 4 N–H and O–H groups in total. The summed E-state index contributed by atoms with van der Waals surface area (Å²) in [6, 6.07) is 14.3. The number of nitrogens with one attached hydrogen (secondary N) is 2. The van der Waals surface area contributed by atoms with Crippen LogP contribution in [0.25, 0.3) is 0 Å². The lowest BCUT2D eigenvalue weighted by molar-refractivity contribution is -0.124. The van der Waals surface area contributed by atoms with Crippen molar-refractivity contribution in [3.63, 3.8) is 0 Å². The second kappa shape index (κ2) is 12.1. The molecule has 0 aromatic heterocycles. The van der Waals surface area contributed by atoms with Gasteiger partial charge in [-0.1, -0.05) is 32.1 Å². The van der Waals surface area contributed by atoms with E-state index in [1.165, 1.54) is 6.08 Å². The van der Waals surface area contributed by atoms with Crippen LogP contribution >= 0.6 is 11.8 Å². The molecule has 8 nitrogen and oxygen atoms in total. The number of carbonyl (C=O) groups excluding carboxylic acids is 2. The zero-order chi connectivity index (χ0) is 23.6. The third-order valence-electron chi connectivity index (χ3n) is 4.55. The number of amides is 2. The molecule has 2 aromatic rings. The molecule has 2 rings (SSSR count). The highest BCUT2D eigenvalue weighted by Gasteiger charge is 2.32. The highest BCUT2D eigenvalue weighted by atomic mass is 32.2. The molecular formula is C23H28N2O6S. The normalized spacial score (nSPS) is 12.3. The Kier molecular flexibility index (Phi) is 9.58. The summed E-state index contributed by atoms with van der Waals surface area (Å²) in [7, 11) is 0. The number of anilines is 1. The SMILES string of the molecule is CSc1ccc(NC(=O)O[C@H](c2ccc(OCCO)cc2)C(C)(C)/C=C/C(=O)NO)cc1. The van der Waals surface area contributed by atoms with E-state index in [9.17, 15) is 9.59 Å². The number of hydroxylamine groups is 1. The van der Waals surface area contributed by atoms with E-state index in [-0.39, 0.29) is 13.2 Å². The number of benzene rings is 2. The third kappa shape index (κ3) is 7.60. The number of hydrogen-bond acceptors (Lipinski definition) is 7. The first-order chi connectivity index (χ1) is 15.3. The van der Waals surface area contributed by atoms with E-state index in [0.717, 1.165) is 4.90 Å². The molecule has 32 heavy (non-hydrogen) atoms.